The molecule has 0 spiro atoms. The van der Waals surface area contributed by atoms with Gasteiger partial charge in [-0.25, -0.2) is 0 Å². The van der Waals surface area contributed by atoms with Crippen LogP contribution in [0, 0.1) is 0 Å². The molecule has 0 aliphatic heterocycles. The molecule has 506 valence electrons. The van der Waals surface area contributed by atoms with E-state index in [1.54, 1.807) is 6.08 Å². The maximum atomic E-state index is 12.5. The van der Waals surface area contributed by atoms with E-state index in [2.05, 4.69) is 19.2 Å². The van der Waals surface area contributed by atoms with E-state index in [-0.39, 0.29) is 18.5 Å². The molecule has 0 rings (SSSR count). The normalized spacial score (nSPS) is 12.5. The van der Waals surface area contributed by atoms with Gasteiger partial charge in [0, 0.05) is 12.8 Å². The van der Waals surface area contributed by atoms with Crippen LogP contribution in [0.1, 0.15) is 457 Å². The van der Waals surface area contributed by atoms with E-state index in [9.17, 15) is 19.8 Å². The average molecular weight is 1200 g/mol. The second-order valence-electron chi connectivity index (χ2n) is 27.4. The predicted octanol–water partition coefficient (Wildman–Crippen LogP) is 25.9. The Morgan fingerprint density at radius 3 is 0.800 bits per heavy atom. The van der Waals surface area contributed by atoms with Crippen LogP contribution in [0.3, 0.4) is 0 Å². The highest BCUT2D eigenvalue weighted by Gasteiger charge is 2.18. The summed E-state index contributed by atoms with van der Waals surface area (Å²) in [6.45, 7) is 4.97. The molecule has 0 aliphatic rings. The minimum Gasteiger partial charge on any atom is -0.466 e. The third-order valence-electron chi connectivity index (χ3n) is 18.8. The molecule has 0 aliphatic carbocycles. The van der Waals surface area contributed by atoms with Crippen LogP contribution in [0.5, 0.6) is 0 Å². The highest BCUT2D eigenvalue weighted by Crippen LogP contribution is 2.20. The van der Waals surface area contributed by atoms with Crippen molar-refractivity contribution in [3.63, 3.8) is 0 Å². The number of nitrogens with one attached hydrogen (secondary N) is 1. The van der Waals surface area contributed by atoms with Crippen molar-refractivity contribution in [1.82, 2.24) is 5.32 Å². The molecule has 0 aromatic carbocycles. The van der Waals surface area contributed by atoms with Crippen LogP contribution in [0.15, 0.2) is 12.2 Å². The highest BCUT2D eigenvalue weighted by molar-refractivity contribution is 5.76. The molecular weight excluding hydrogens is 1040 g/mol. The first-order chi connectivity index (χ1) is 42.0. The van der Waals surface area contributed by atoms with Crippen LogP contribution in [0.4, 0.5) is 0 Å². The quantitative estimate of drug-likeness (QED) is 0.0320. The van der Waals surface area contributed by atoms with Crippen molar-refractivity contribution in [2.45, 2.75) is 469 Å². The van der Waals surface area contributed by atoms with Gasteiger partial charge in [-0.3, -0.25) is 9.59 Å². The SMILES string of the molecule is CCCCCCCCCCCCCCCCCCC/C=C/C(O)C(CO)NC(=O)CCCCCCCCCCCCCCCCCCCCCCCCCCCCCCCCOC(=O)CCCCCCCCCCCCCCCCCCCCC. The number of aliphatic hydroxyl groups excluding tert-OH is 2. The Balaban J connectivity index is 3.33. The Morgan fingerprint density at radius 2 is 0.541 bits per heavy atom. The number of rotatable bonds is 75. The number of aliphatic hydroxyl groups is 2. The summed E-state index contributed by atoms with van der Waals surface area (Å²) >= 11 is 0. The molecule has 0 bridgehead atoms. The zero-order chi connectivity index (χ0) is 61.3. The molecule has 1 amide bonds. The maximum absolute atomic E-state index is 12.5. The van der Waals surface area contributed by atoms with Crippen molar-refractivity contribution in [2.75, 3.05) is 13.2 Å². The number of esters is 1. The van der Waals surface area contributed by atoms with Gasteiger partial charge in [-0.1, -0.05) is 424 Å². The van der Waals surface area contributed by atoms with Crippen LogP contribution in [-0.4, -0.2) is 47.4 Å². The first kappa shape index (κ1) is 83.6. The molecule has 6 heteroatoms. The van der Waals surface area contributed by atoms with Gasteiger partial charge in [-0.2, -0.15) is 0 Å². The Hall–Kier alpha value is -1.40. The molecule has 0 aromatic rings. The van der Waals surface area contributed by atoms with E-state index in [4.69, 9.17) is 4.74 Å². The van der Waals surface area contributed by atoms with Crippen molar-refractivity contribution >= 4 is 11.9 Å². The van der Waals surface area contributed by atoms with Gasteiger partial charge in [0.25, 0.3) is 0 Å². The number of allylic oxidation sites excluding steroid dienone is 1. The van der Waals surface area contributed by atoms with Crippen LogP contribution < -0.4 is 5.32 Å². The largest absolute Gasteiger partial charge is 0.466 e. The molecule has 0 aromatic heterocycles. The third-order valence-corrected chi connectivity index (χ3v) is 18.8. The fourth-order valence-electron chi connectivity index (χ4n) is 12.8. The topological polar surface area (TPSA) is 95.9 Å². The number of carbonyl (C=O) groups excluding carboxylic acids is 2. The monoisotopic (exact) mass is 1200 g/mol. The van der Waals surface area contributed by atoms with Crippen LogP contribution in [-0.2, 0) is 14.3 Å². The molecule has 2 atom stereocenters. The summed E-state index contributed by atoms with van der Waals surface area (Å²) in [6, 6.07) is -0.625. The summed E-state index contributed by atoms with van der Waals surface area (Å²) in [5.41, 5.74) is 0. The maximum Gasteiger partial charge on any atom is 0.305 e. The van der Waals surface area contributed by atoms with E-state index in [0.29, 0.717) is 19.4 Å². The van der Waals surface area contributed by atoms with E-state index in [0.717, 1.165) is 38.5 Å². The van der Waals surface area contributed by atoms with Crippen molar-refractivity contribution in [3.8, 4) is 0 Å². The van der Waals surface area contributed by atoms with Gasteiger partial charge in [-0.05, 0) is 32.1 Å². The van der Waals surface area contributed by atoms with Gasteiger partial charge in [-0.15, -0.1) is 0 Å². The molecule has 0 saturated carbocycles. The van der Waals surface area contributed by atoms with E-state index in [1.807, 2.05) is 6.08 Å². The van der Waals surface area contributed by atoms with Gasteiger partial charge in [0.15, 0.2) is 0 Å². The second kappa shape index (κ2) is 75.1. The average Bonchev–Trinajstić information content (AvgIpc) is 3.51. The Labute approximate surface area is 533 Å². The number of ether oxygens (including phenoxy) is 1. The zero-order valence-electron chi connectivity index (χ0n) is 58.1. The van der Waals surface area contributed by atoms with E-state index < -0.39 is 12.1 Å². The summed E-state index contributed by atoms with van der Waals surface area (Å²) < 4.78 is 5.52. The fraction of sp³-hybridized carbons (Fsp3) is 0.949. The van der Waals surface area contributed by atoms with Crippen LogP contribution in [0.2, 0.25) is 0 Å². The summed E-state index contributed by atoms with van der Waals surface area (Å²) in [7, 11) is 0. The third kappa shape index (κ3) is 71.6. The minimum atomic E-state index is -0.842. The van der Waals surface area contributed by atoms with Crippen molar-refractivity contribution in [2.24, 2.45) is 0 Å². The summed E-state index contributed by atoms with van der Waals surface area (Å²) in [5.74, 6) is -0.0334. The van der Waals surface area contributed by atoms with E-state index >= 15 is 0 Å². The van der Waals surface area contributed by atoms with Crippen LogP contribution >= 0.6 is 0 Å². The number of unbranched alkanes of at least 4 members (excludes halogenated alkanes) is 64. The van der Waals surface area contributed by atoms with Gasteiger partial charge in [0.05, 0.1) is 25.4 Å². The first-order valence-corrected chi connectivity index (χ1v) is 39.5. The van der Waals surface area contributed by atoms with Gasteiger partial charge in [0.2, 0.25) is 5.91 Å². The Kier molecular flexibility index (Phi) is 73.8. The predicted molar refractivity (Wildman–Crippen MR) is 375 cm³/mol. The lowest BCUT2D eigenvalue weighted by atomic mass is 10.0. The molecule has 2 unspecified atom stereocenters. The minimum absolute atomic E-state index is 0.0259. The Bertz CT molecular complexity index is 1290. The smallest absolute Gasteiger partial charge is 0.305 e. The van der Waals surface area contributed by atoms with Gasteiger partial charge < -0.3 is 20.3 Å². The Morgan fingerprint density at radius 1 is 0.318 bits per heavy atom. The number of carbonyl (C=O) groups is 2. The van der Waals surface area contributed by atoms with Crippen molar-refractivity contribution < 1.29 is 24.5 Å². The molecular formula is C79H155NO5. The first-order valence-electron chi connectivity index (χ1n) is 39.5. The molecule has 3 N–H and O–H groups in total. The lowest BCUT2D eigenvalue weighted by Gasteiger charge is -2.20. The van der Waals surface area contributed by atoms with Crippen LogP contribution in [0.25, 0.3) is 0 Å². The number of hydrogen-bond donors (Lipinski definition) is 3. The summed E-state index contributed by atoms with van der Waals surface area (Å²) in [4.78, 5) is 24.7. The summed E-state index contributed by atoms with van der Waals surface area (Å²) in [6.07, 6.45) is 94.7. The fourth-order valence-corrected chi connectivity index (χ4v) is 12.8. The van der Waals surface area contributed by atoms with Gasteiger partial charge in [0.1, 0.15) is 0 Å². The summed E-state index contributed by atoms with van der Waals surface area (Å²) in [5, 5.41) is 23.3. The molecule has 85 heavy (non-hydrogen) atoms. The van der Waals surface area contributed by atoms with E-state index in [1.165, 1.54) is 392 Å². The lowest BCUT2D eigenvalue weighted by molar-refractivity contribution is -0.143. The number of amides is 1. The molecule has 0 fully saturated rings. The second-order valence-corrected chi connectivity index (χ2v) is 27.4. The molecule has 0 saturated heterocycles. The van der Waals surface area contributed by atoms with Crippen molar-refractivity contribution in [3.05, 3.63) is 12.2 Å². The zero-order valence-corrected chi connectivity index (χ0v) is 58.1. The lowest BCUT2D eigenvalue weighted by Crippen LogP contribution is -2.45. The molecule has 0 radical (unpaired) electrons. The molecule has 6 nitrogen and oxygen atoms in total. The molecule has 0 heterocycles. The number of hydrogen-bond acceptors (Lipinski definition) is 5. The van der Waals surface area contributed by atoms with Crippen molar-refractivity contribution in [1.29, 1.82) is 0 Å². The highest BCUT2D eigenvalue weighted by atomic mass is 16.5. The van der Waals surface area contributed by atoms with Gasteiger partial charge >= 0.3 is 5.97 Å². The standard InChI is InChI=1S/C79H155NO5/c1-3-5-7-9-11-13-15-17-19-21-35-39-43-47-51-55-59-63-67-71-77(82)76(75-81)80-78(83)72-68-64-60-56-52-48-44-40-37-33-31-29-27-25-23-24-26-28-30-32-34-38-42-46-50-54-58-62-66-70-74-85-79(84)73-69-65-61-57-53-49-45-41-36-22-20-18-16-14-12-10-8-6-4-2/h67,71,76-77,81-82H,3-66,68-70,72-75H2,1-2H3,(H,80,83)/b71-67+.